The molecule has 1 amide bonds. The molecule has 0 radical (unpaired) electrons. The van der Waals surface area contributed by atoms with Crippen LogP contribution in [0.4, 0.5) is 0 Å². The number of benzene rings is 3. The quantitative estimate of drug-likeness (QED) is 0.197. The van der Waals surface area contributed by atoms with E-state index in [4.69, 9.17) is 14.2 Å². The fraction of sp³-hybridized carbons (Fsp3) is 0.154. The van der Waals surface area contributed by atoms with Crippen LogP contribution in [-0.4, -0.2) is 54.0 Å². The zero-order valence-corrected chi connectivity index (χ0v) is 20.9. The first-order chi connectivity index (χ1) is 17.6. The van der Waals surface area contributed by atoms with E-state index in [2.05, 4.69) is 20.7 Å². The standard InChI is InChI=1S/C26H25N5O4S/c1-33-21-12-10-20(11-13-21)31-25(19-7-5-4-6-8-19)29-30-26(31)36-17-24(32)28-27-16-18-9-14-22(34-2)23(15-18)35-3/h4-16H,17H2,1-3H3,(H,28,32)/b27-16-. The fourth-order valence-corrected chi connectivity index (χ4v) is 4.12. The first kappa shape index (κ1) is 24.8. The second-order valence-electron chi connectivity index (χ2n) is 7.40. The van der Waals surface area contributed by atoms with Crippen LogP contribution < -0.4 is 19.6 Å². The van der Waals surface area contributed by atoms with Crippen molar-refractivity contribution in [3.05, 3.63) is 78.4 Å². The molecule has 0 fully saturated rings. The van der Waals surface area contributed by atoms with Crippen LogP contribution in [0.25, 0.3) is 17.1 Å². The highest BCUT2D eigenvalue weighted by Gasteiger charge is 2.17. The Labute approximate surface area is 213 Å². The highest BCUT2D eigenvalue weighted by atomic mass is 32.2. The molecule has 0 spiro atoms. The average Bonchev–Trinajstić information content (AvgIpc) is 3.36. The third kappa shape index (κ3) is 5.84. The SMILES string of the molecule is COc1ccc(-n2c(SCC(=O)N/N=C\c3ccc(OC)c(OC)c3)nnc2-c2ccccc2)cc1. The average molecular weight is 504 g/mol. The maximum atomic E-state index is 12.5. The number of hydrogen-bond acceptors (Lipinski definition) is 8. The predicted octanol–water partition coefficient (Wildman–Crippen LogP) is 4.20. The maximum Gasteiger partial charge on any atom is 0.250 e. The van der Waals surface area contributed by atoms with Crippen molar-refractivity contribution in [2.24, 2.45) is 5.10 Å². The maximum absolute atomic E-state index is 12.5. The molecule has 184 valence electrons. The van der Waals surface area contributed by atoms with Gasteiger partial charge in [-0.2, -0.15) is 5.10 Å². The summed E-state index contributed by atoms with van der Waals surface area (Å²) in [4.78, 5) is 12.5. The second-order valence-corrected chi connectivity index (χ2v) is 8.34. The molecule has 0 unspecified atom stereocenters. The van der Waals surface area contributed by atoms with Crippen molar-refractivity contribution < 1.29 is 19.0 Å². The van der Waals surface area contributed by atoms with Crippen molar-refractivity contribution in [2.45, 2.75) is 5.16 Å². The number of thioether (sulfide) groups is 1. The molecule has 4 rings (SSSR count). The van der Waals surface area contributed by atoms with Gasteiger partial charge in [0.2, 0.25) is 0 Å². The van der Waals surface area contributed by atoms with Crippen LogP contribution in [0.3, 0.4) is 0 Å². The van der Waals surface area contributed by atoms with Crippen LogP contribution in [0, 0.1) is 0 Å². The Bertz CT molecular complexity index is 1340. The van der Waals surface area contributed by atoms with Crippen LogP contribution in [0.1, 0.15) is 5.56 Å². The van der Waals surface area contributed by atoms with Gasteiger partial charge in [-0.25, -0.2) is 5.43 Å². The van der Waals surface area contributed by atoms with E-state index < -0.39 is 0 Å². The van der Waals surface area contributed by atoms with Crippen LogP contribution in [0.2, 0.25) is 0 Å². The van der Waals surface area contributed by atoms with Crippen molar-refractivity contribution >= 4 is 23.9 Å². The number of hydrazone groups is 1. The van der Waals surface area contributed by atoms with E-state index in [9.17, 15) is 4.79 Å². The van der Waals surface area contributed by atoms with E-state index in [0.29, 0.717) is 22.5 Å². The minimum absolute atomic E-state index is 0.104. The fourth-order valence-electron chi connectivity index (χ4n) is 3.38. The molecule has 1 N–H and O–H groups in total. The van der Waals surface area contributed by atoms with Crippen molar-refractivity contribution in [1.29, 1.82) is 0 Å². The Kier molecular flexibility index (Phi) is 8.20. The molecule has 10 heteroatoms. The van der Waals surface area contributed by atoms with Gasteiger partial charge in [0.15, 0.2) is 22.5 Å². The van der Waals surface area contributed by atoms with Crippen LogP contribution >= 0.6 is 11.8 Å². The van der Waals surface area contributed by atoms with Gasteiger partial charge in [-0.1, -0.05) is 42.1 Å². The van der Waals surface area contributed by atoms with Crippen molar-refractivity contribution in [3.8, 4) is 34.3 Å². The van der Waals surface area contributed by atoms with Gasteiger partial charge in [0.25, 0.3) is 5.91 Å². The highest BCUT2D eigenvalue weighted by molar-refractivity contribution is 7.99. The van der Waals surface area contributed by atoms with E-state index in [1.54, 1.807) is 33.5 Å². The Morgan fingerprint density at radius 1 is 0.944 bits per heavy atom. The van der Waals surface area contributed by atoms with Gasteiger partial charge in [0.05, 0.1) is 33.3 Å². The molecule has 1 heterocycles. The molecule has 36 heavy (non-hydrogen) atoms. The molecule has 3 aromatic carbocycles. The van der Waals surface area contributed by atoms with Gasteiger partial charge in [0.1, 0.15) is 5.75 Å². The molecule has 0 bridgehead atoms. The number of aromatic nitrogens is 3. The lowest BCUT2D eigenvalue weighted by Gasteiger charge is -2.11. The molecule has 1 aromatic heterocycles. The topological polar surface area (TPSA) is 99.9 Å². The number of nitrogens with zero attached hydrogens (tertiary/aromatic N) is 4. The molecule has 0 saturated heterocycles. The summed E-state index contributed by atoms with van der Waals surface area (Å²) >= 11 is 1.27. The Morgan fingerprint density at radius 2 is 1.69 bits per heavy atom. The Hall–Kier alpha value is -4.31. The third-order valence-corrected chi connectivity index (χ3v) is 6.07. The molecule has 4 aromatic rings. The van der Waals surface area contributed by atoms with Gasteiger partial charge in [-0.15, -0.1) is 10.2 Å². The summed E-state index contributed by atoms with van der Waals surface area (Å²) in [6, 6.07) is 22.7. The van der Waals surface area contributed by atoms with Crippen molar-refractivity contribution in [2.75, 3.05) is 27.1 Å². The number of amides is 1. The summed E-state index contributed by atoms with van der Waals surface area (Å²) < 4.78 is 17.7. The predicted molar refractivity (Wildman–Crippen MR) is 139 cm³/mol. The molecular formula is C26H25N5O4S. The third-order valence-electron chi connectivity index (χ3n) is 5.14. The molecule has 0 aliphatic rings. The highest BCUT2D eigenvalue weighted by Crippen LogP contribution is 2.29. The van der Waals surface area contributed by atoms with E-state index in [-0.39, 0.29) is 11.7 Å². The van der Waals surface area contributed by atoms with Gasteiger partial charge >= 0.3 is 0 Å². The first-order valence-electron chi connectivity index (χ1n) is 10.9. The summed E-state index contributed by atoms with van der Waals surface area (Å²) in [6.07, 6.45) is 1.54. The van der Waals surface area contributed by atoms with E-state index in [1.807, 2.05) is 65.2 Å². The monoisotopic (exact) mass is 503 g/mol. The number of carbonyl (C=O) groups is 1. The molecule has 9 nitrogen and oxygen atoms in total. The summed E-state index contributed by atoms with van der Waals surface area (Å²) in [7, 11) is 4.75. The summed E-state index contributed by atoms with van der Waals surface area (Å²) in [5.74, 6) is 2.44. The first-order valence-corrected chi connectivity index (χ1v) is 11.9. The van der Waals surface area contributed by atoms with E-state index >= 15 is 0 Å². The Morgan fingerprint density at radius 3 is 2.39 bits per heavy atom. The summed E-state index contributed by atoms with van der Waals surface area (Å²) in [5.41, 5.74) is 5.07. The van der Waals surface area contributed by atoms with E-state index in [0.717, 1.165) is 22.6 Å². The zero-order chi connectivity index (χ0) is 25.3. The molecular weight excluding hydrogens is 478 g/mol. The minimum Gasteiger partial charge on any atom is -0.497 e. The normalized spacial score (nSPS) is 10.9. The number of rotatable bonds is 10. The van der Waals surface area contributed by atoms with Crippen LogP contribution in [0.5, 0.6) is 17.2 Å². The molecule has 0 atom stereocenters. The van der Waals surface area contributed by atoms with Crippen molar-refractivity contribution in [3.63, 3.8) is 0 Å². The molecule has 0 saturated carbocycles. The second kappa shape index (κ2) is 11.9. The van der Waals surface area contributed by atoms with Crippen molar-refractivity contribution in [1.82, 2.24) is 20.2 Å². The van der Waals surface area contributed by atoms with Gasteiger partial charge < -0.3 is 14.2 Å². The van der Waals surface area contributed by atoms with Gasteiger partial charge in [-0.3, -0.25) is 9.36 Å². The number of hydrogen-bond donors (Lipinski definition) is 1. The zero-order valence-electron chi connectivity index (χ0n) is 20.0. The van der Waals surface area contributed by atoms with E-state index in [1.165, 1.54) is 18.0 Å². The number of ether oxygens (including phenoxy) is 3. The molecule has 0 aliphatic carbocycles. The lowest BCUT2D eigenvalue weighted by atomic mass is 10.2. The number of carbonyl (C=O) groups excluding carboxylic acids is 1. The Balaban J connectivity index is 1.47. The lowest BCUT2D eigenvalue weighted by Crippen LogP contribution is -2.20. The smallest absolute Gasteiger partial charge is 0.250 e. The van der Waals surface area contributed by atoms with Crippen LogP contribution in [-0.2, 0) is 4.79 Å². The minimum atomic E-state index is -0.276. The number of methoxy groups -OCH3 is 3. The summed E-state index contributed by atoms with van der Waals surface area (Å²) in [6.45, 7) is 0. The summed E-state index contributed by atoms with van der Waals surface area (Å²) in [5, 5.41) is 13.4. The van der Waals surface area contributed by atoms with Gasteiger partial charge in [-0.05, 0) is 48.0 Å². The van der Waals surface area contributed by atoms with Crippen LogP contribution in [0.15, 0.2) is 83.1 Å². The molecule has 0 aliphatic heterocycles. The largest absolute Gasteiger partial charge is 0.497 e. The number of nitrogens with one attached hydrogen (secondary N) is 1. The lowest BCUT2D eigenvalue weighted by molar-refractivity contribution is -0.118. The van der Waals surface area contributed by atoms with Gasteiger partial charge in [0, 0.05) is 11.3 Å².